The first kappa shape index (κ1) is 13.8. The second-order valence-corrected chi connectivity index (χ2v) is 5.37. The van der Waals surface area contributed by atoms with E-state index in [1.807, 2.05) is 44.2 Å². The molecule has 0 saturated carbocycles. The van der Waals surface area contributed by atoms with Gasteiger partial charge in [0.2, 0.25) is 0 Å². The minimum atomic E-state index is -0.443. The zero-order valence-electron chi connectivity index (χ0n) is 11.7. The molecule has 102 valence electrons. The van der Waals surface area contributed by atoms with Crippen molar-refractivity contribution in [1.29, 1.82) is 0 Å². The second-order valence-electron chi connectivity index (χ2n) is 5.37. The van der Waals surface area contributed by atoms with Gasteiger partial charge in [0.1, 0.15) is 5.75 Å². The third kappa shape index (κ3) is 3.04. The number of rotatable bonds is 4. The minimum Gasteiger partial charge on any atom is -0.497 e. The zero-order chi connectivity index (χ0) is 13.9. The molecule has 3 nitrogen and oxygen atoms in total. The van der Waals surface area contributed by atoms with E-state index in [0.717, 1.165) is 17.7 Å². The lowest BCUT2D eigenvalue weighted by atomic mass is 9.77. The van der Waals surface area contributed by atoms with Crippen molar-refractivity contribution in [1.82, 2.24) is 0 Å². The number of ketones is 1. The number of allylic oxidation sites excluding steroid dienone is 1. The molecule has 1 aromatic rings. The molecule has 0 N–H and O–H groups in total. The number of benzene rings is 1. The summed E-state index contributed by atoms with van der Waals surface area (Å²) in [4.78, 5) is 11.8. The lowest BCUT2D eigenvalue weighted by Gasteiger charge is -2.34. The molecule has 0 unspecified atom stereocenters. The summed E-state index contributed by atoms with van der Waals surface area (Å²) in [6, 6.07) is 7.78. The summed E-state index contributed by atoms with van der Waals surface area (Å²) < 4.78 is 11.0. The van der Waals surface area contributed by atoms with Gasteiger partial charge in [-0.2, -0.15) is 0 Å². The second kappa shape index (κ2) is 5.57. The molecular weight excluding hydrogens is 240 g/mol. The molecule has 1 aliphatic carbocycles. The molecule has 0 bridgehead atoms. The van der Waals surface area contributed by atoms with Crippen molar-refractivity contribution >= 4 is 5.78 Å². The first-order valence-electron chi connectivity index (χ1n) is 6.49. The van der Waals surface area contributed by atoms with E-state index in [1.165, 1.54) is 0 Å². The third-order valence-electron chi connectivity index (χ3n) is 3.67. The molecule has 0 heterocycles. The molecule has 1 aliphatic rings. The van der Waals surface area contributed by atoms with E-state index in [2.05, 4.69) is 0 Å². The van der Waals surface area contributed by atoms with E-state index in [4.69, 9.17) is 9.47 Å². The van der Waals surface area contributed by atoms with E-state index in [1.54, 1.807) is 13.2 Å². The molecule has 0 spiro atoms. The van der Waals surface area contributed by atoms with Crippen LogP contribution >= 0.6 is 0 Å². The summed E-state index contributed by atoms with van der Waals surface area (Å²) in [5.74, 6) is 0.971. The maximum absolute atomic E-state index is 11.8. The fraction of sp³-hybridized carbons (Fsp3) is 0.438. The summed E-state index contributed by atoms with van der Waals surface area (Å²) in [5, 5.41) is 0. The molecule has 3 heteroatoms. The van der Waals surface area contributed by atoms with Crippen LogP contribution in [0.5, 0.6) is 5.75 Å². The summed E-state index contributed by atoms with van der Waals surface area (Å²) >= 11 is 0. The van der Waals surface area contributed by atoms with Crippen molar-refractivity contribution in [2.75, 3.05) is 7.11 Å². The van der Waals surface area contributed by atoms with Gasteiger partial charge in [-0.3, -0.25) is 4.79 Å². The fourth-order valence-electron chi connectivity index (χ4n) is 2.16. The van der Waals surface area contributed by atoms with Crippen LogP contribution in [0, 0.1) is 5.41 Å². The highest BCUT2D eigenvalue weighted by atomic mass is 16.5. The van der Waals surface area contributed by atoms with Gasteiger partial charge in [0.05, 0.1) is 25.2 Å². The Bertz CT molecular complexity index is 471. The van der Waals surface area contributed by atoms with Crippen LogP contribution in [0.2, 0.25) is 0 Å². The number of carbonyl (C=O) groups is 1. The van der Waals surface area contributed by atoms with Crippen LogP contribution in [0.25, 0.3) is 0 Å². The Morgan fingerprint density at radius 1 is 1.26 bits per heavy atom. The number of ether oxygens (including phenoxy) is 2. The van der Waals surface area contributed by atoms with E-state index >= 15 is 0 Å². The van der Waals surface area contributed by atoms with Crippen LogP contribution in [0.3, 0.4) is 0 Å². The van der Waals surface area contributed by atoms with Gasteiger partial charge < -0.3 is 9.47 Å². The lowest BCUT2D eigenvalue weighted by molar-refractivity contribution is -0.133. The smallest absolute Gasteiger partial charge is 0.163 e. The van der Waals surface area contributed by atoms with Gasteiger partial charge >= 0.3 is 0 Å². The molecule has 1 atom stereocenters. The van der Waals surface area contributed by atoms with Crippen molar-refractivity contribution in [3.8, 4) is 5.75 Å². The molecule has 0 amide bonds. The van der Waals surface area contributed by atoms with Gasteiger partial charge in [-0.25, -0.2) is 0 Å². The highest BCUT2D eigenvalue weighted by Gasteiger charge is 2.37. The highest BCUT2D eigenvalue weighted by Crippen LogP contribution is 2.32. The maximum atomic E-state index is 11.8. The lowest BCUT2D eigenvalue weighted by Crippen LogP contribution is -2.40. The molecule has 0 aliphatic heterocycles. The molecule has 19 heavy (non-hydrogen) atoms. The quantitative estimate of drug-likeness (QED) is 0.834. The Morgan fingerprint density at radius 3 is 2.58 bits per heavy atom. The first-order chi connectivity index (χ1) is 9.04. The van der Waals surface area contributed by atoms with Crippen molar-refractivity contribution in [2.24, 2.45) is 5.41 Å². The largest absolute Gasteiger partial charge is 0.497 e. The Kier molecular flexibility index (Phi) is 4.05. The summed E-state index contributed by atoms with van der Waals surface area (Å²) in [5.41, 5.74) is 0.639. The average molecular weight is 260 g/mol. The standard InChI is InChI=1S/C16H20O3/c1-16(2)14(17)5-4-6-15(16)19-11-12-7-9-13(18-3)10-8-12/h4-5,7-10,15H,6,11H2,1-3H3/t15-/m1/s1. The molecule has 0 fully saturated rings. The van der Waals surface area contributed by atoms with Crippen molar-refractivity contribution in [3.05, 3.63) is 42.0 Å². The summed E-state index contributed by atoms with van der Waals surface area (Å²) in [7, 11) is 1.65. The topological polar surface area (TPSA) is 35.5 Å². The van der Waals surface area contributed by atoms with Gasteiger partial charge in [0, 0.05) is 0 Å². The predicted molar refractivity (Wildman–Crippen MR) is 74.1 cm³/mol. The molecule has 1 aromatic carbocycles. The van der Waals surface area contributed by atoms with Crippen molar-refractivity contribution < 1.29 is 14.3 Å². The normalized spacial score (nSPS) is 21.4. The van der Waals surface area contributed by atoms with Crippen molar-refractivity contribution in [2.45, 2.75) is 33.0 Å². The Morgan fingerprint density at radius 2 is 1.95 bits per heavy atom. The monoisotopic (exact) mass is 260 g/mol. The number of carbonyl (C=O) groups excluding carboxylic acids is 1. The van der Waals surface area contributed by atoms with Gasteiger partial charge in [-0.05, 0) is 30.2 Å². The van der Waals surface area contributed by atoms with Crippen LogP contribution < -0.4 is 4.74 Å². The third-order valence-corrected chi connectivity index (χ3v) is 3.67. The van der Waals surface area contributed by atoms with Gasteiger partial charge in [-0.1, -0.05) is 32.1 Å². The van der Waals surface area contributed by atoms with Gasteiger partial charge in [0.15, 0.2) is 5.78 Å². The van der Waals surface area contributed by atoms with Crippen LogP contribution in [-0.4, -0.2) is 19.0 Å². The van der Waals surface area contributed by atoms with Gasteiger partial charge in [0.25, 0.3) is 0 Å². The molecular formula is C16H20O3. The van der Waals surface area contributed by atoms with Crippen LogP contribution in [-0.2, 0) is 16.1 Å². The van der Waals surface area contributed by atoms with E-state index in [-0.39, 0.29) is 11.9 Å². The summed E-state index contributed by atoms with van der Waals surface area (Å²) in [6.07, 6.45) is 4.28. The Balaban J connectivity index is 1.98. The molecule has 0 radical (unpaired) electrons. The van der Waals surface area contributed by atoms with E-state index in [9.17, 15) is 4.79 Å². The zero-order valence-corrected chi connectivity index (χ0v) is 11.7. The van der Waals surface area contributed by atoms with E-state index < -0.39 is 5.41 Å². The summed E-state index contributed by atoms with van der Waals surface area (Å²) in [6.45, 7) is 4.40. The Labute approximate surface area is 114 Å². The van der Waals surface area contributed by atoms with Crippen LogP contribution in [0.4, 0.5) is 0 Å². The van der Waals surface area contributed by atoms with Crippen molar-refractivity contribution in [3.63, 3.8) is 0 Å². The first-order valence-corrected chi connectivity index (χ1v) is 6.49. The highest BCUT2D eigenvalue weighted by molar-refractivity contribution is 5.95. The molecule has 2 rings (SSSR count). The maximum Gasteiger partial charge on any atom is 0.163 e. The number of hydrogen-bond acceptors (Lipinski definition) is 3. The molecule has 0 saturated heterocycles. The average Bonchev–Trinajstić information content (AvgIpc) is 2.41. The SMILES string of the molecule is COc1ccc(CO[C@@H]2CC=CC(=O)C2(C)C)cc1. The fourth-order valence-corrected chi connectivity index (χ4v) is 2.16. The predicted octanol–water partition coefficient (Wildman–Crippen LogP) is 3.14. The van der Waals surface area contributed by atoms with Gasteiger partial charge in [-0.15, -0.1) is 0 Å². The number of hydrogen-bond donors (Lipinski definition) is 0. The minimum absolute atomic E-state index is 0.0629. The van der Waals surface area contributed by atoms with Crippen LogP contribution in [0.15, 0.2) is 36.4 Å². The molecule has 0 aromatic heterocycles. The van der Waals surface area contributed by atoms with Crippen LogP contribution in [0.1, 0.15) is 25.8 Å². The van der Waals surface area contributed by atoms with E-state index in [0.29, 0.717) is 6.61 Å². The number of methoxy groups -OCH3 is 1. The Hall–Kier alpha value is -1.61.